The van der Waals surface area contributed by atoms with Gasteiger partial charge in [-0.3, -0.25) is 0 Å². The Hall–Kier alpha value is -0.610. The van der Waals surface area contributed by atoms with E-state index in [0.29, 0.717) is 16.5 Å². The zero-order valence-electron chi connectivity index (χ0n) is 9.15. The molecule has 1 aromatic carbocycles. The van der Waals surface area contributed by atoms with Crippen molar-refractivity contribution in [3.8, 4) is 0 Å². The molecule has 17 heavy (non-hydrogen) atoms. The Morgan fingerprint density at radius 1 is 1.35 bits per heavy atom. The van der Waals surface area contributed by atoms with Crippen molar-refractivity contribution in [2.45, 2.75) is 19.4 Å². The second kappa shape index (κ2) is 5.36. The van der Waals surface area contributed by atoms with Crippen molar-refractivity contribution in [1.29, 1.82) is 0 Å². The predicted octanol–water partition coefficient (Wildman–Crippen LogP) is 4.03. The fourth-order valence-electron chi connectivity index (χ4n) is 1.55. The second-order valence-electron chi connectivity index (χ2n) is 3.70. The summed E-state index contributed by atoms with van der Waals surface area (Å²) in [4.78, 5) is 4.95. The van der Waals surface area contributed by atoms with Crippen molar-refractivity contribution in [1.82, 2.24) is 4.98 Å². The summed E-state index contributed by atoms with van der Waals surface area (Å²) in [6, 6.07) is 5.33. The van der Waals surface area contributed by atoms with Gasteiger partial charge in [-0.25, -0.2) is 4.98 Å². The molecule has 1 N–H and O–H groups in total. The van der Waals surface area contributed by atoms with Crippen molar-refractivity contribution in [3.05, 3.63) is 49.9 Å². The standard InChI is InChI=1S/C12H11Cl2NOS/c1-7-15-6-12(17-7)11(16)5-8-9(13)3-2-4-10(8)14/h2-4,6,11,16H,5H2,1H3. The molecule has 2 nitrogen and oxygen atoms in total. The molecule has 2 rings (SSSR count). The number of aliphatic hydroxyl groups excluding tert-OH is 1. The molecular formula is C12H11Cl2NOS. The summed E-state index contributed by atoms with van der Waals surface area (Å²) in [5.41, 5.74) is 0.773. The molecule has 1 unspecified atom stereocenters. The van der Waals surface area contributed by atoms with Crippen molar-refractivity contribution in [2.24, 2.45) is 0 Å². The minimum Gasteiger partial charge on any atom is -0.387 e. The van der Waals surface area contributed by atoms with E-state index >= 15 is 0 Å². The summed E-state index contributed by atoms with van der Waals surface area (Å²) in [7, 11) is 0. The van der Waals surface area contributed by atoms with E-state index in [0.717, 1.165) is 15.4 Å². The van der Waals surface area contributed by atoms with Crippen LogP contribution in [0.15, 0.2) is 24.4 Å². The van der Waals surface area contributed by atoms with E-state index in [1.165, 1.54) is 11.3 Å². The normalized spacial score (nSPS) is 12.7. The van der Waals surface area contributed by atoms with Crippen LogP contribution in [0.3, 0.4) is 0 Å². The van der Waals surface area contributed by atoms with Crippen molar-refractivity contribution >= 4 is 34.5 Å². The van der Waals surface area contributed by atoms with Crippen LogP contribution in [-0.4, -0.2) is 10.1 Å². The number of aliphatic hydroxyl groups is 1. The fraction of sp³-hybridized carbons (Fsp3) is 0.250. The first-order valence-electron chi connectivity index (χ1n) is 5.11. The molecule has 1 aromatic heterocycles. The molecule has 2 aromatic rings. The summed E-state index contributed by atoms with van der Waals surface area (Å²) >= 11 is 13.6. The van der Waals surface area contributed by atoms with Gasteiger partial charge in [0.25, 0.3) is 0 Å². The maximum atomic E-state index is 10.1. The molecule has 0 saturated heterocycles. The zero-order valence-corrected chi connectivity index (χ0v) is 11.5. The van der Waals surface area contributed by atoms with Crippen molar-refractivity contribution in [3.63, 3.8) is 0 Å². The van der Waals surface area contributed by atoms with E-state index in [2.05, 4.69) is 4.98 Å². The minimum absolute atomic E-state index is 0.403. The molecule has 0 bridgehead atoms. The highest BCUT2D eigenvalue weighted by Gasteiger charge is 2.15. The number of hydrogen-bond donors (Lipinski definition) is 1. The minimum atomic E-state index is -0.612. The highest BCUT2D eigenvalue weighted by atomic mass is 35.5. The van der Waals surface area contributed by atoms with Gasteiger partial charge in [-0.1, -0.05) is 29.3 Å². The molecule has 0 spiro atoms. The van der Waals surface area contributed by atoms with Gasteiger partial charge in [0.1, 0.15) is 0 Å². The molecule has 5 heteroatoms. The van der Waals surface area contributed by atoms with Gasteiger partial charge in [0.15, 0.2) is 0 Å². The lowest BCUT2D eigenvalue weighted by molar-refractivity contribution is 0.182. The first kappa shape index (κ1) is 12.8. The Labute approximate surface area is 114 Å². The van der Waals surface area contributed by atoms with Crippen molar-refractivity contribution in [2.75, 3.05) is 0 Å². The number of nitrogens with zero attached hydrogens (tertiary/aromatic N) is 1. The quantitative estimate of drug-likeness (QED) is 0.924. The van der Waals surface area contributed by atoms with Gasteiger partial charge >= 0.3 is 0 Å². The second-order valence-corrected chi connectivity index (χ2v) is 5.78. The van der Waals surface area contributed by atoms with Crippen LogP contribution in [0, 0.1) is 6.92 Å². The van der Waals surface area contributed by atoms with Crippen molar-refractivity contribution < 1.29 is 5.11 Å². The number of thiazole rings is 1. The number of aromatic nitrogens is 1. The van der Waals surface area contributed by atoms with Gasteiger partial charge < -0.3 is 5.11 Å². The van der Waals surface area contributed by atoms with Crippen LogP contribution < -0.4 is 0 Å². The van der Waals surface area contributed by atoms with E-state index in [1.54, 1.807) is 24.4 Å². The largest absolute Gasteiger partial charge is 0.387 e. The average molecular weight is 288 g/mol. The van der Waals surface area contributed by atoms with Gasteiger partial charge in [0.2, 0.25) is 0 Å². The predicted molar refractivity (Wildman–Crippen MR) is 72.0 cm³/mol. The Morgan fingerprint density at radius 3 is 2.53 bits per heavy atom. The van der Waals surface area contributed by atoms with Crippen LogP contribution in [0.25, 0.3) is 0 Å². The molecular weight excluding hydrogens is 277 g/mol. The first-order valence-corrected chi connectivity index (χ1v) is 6.68. The molecule has 1 atom stereocenters. The summed E-state index contributed by atoms with van der Waals surface area (Å²) in [6.45, 7) is 1.91. The summed E-state index contributed by atoms with van der Waals surface area (Å²) in [5.74, 6) is 0. The topological polar surface area (TPSA) is 33.1 Å². The van der Waals surface area contributed by atoms with Gasteiger partial charge in [-0.15, -0.1) is 11.3 Å². The van der Waals surface area contributed by atoms with Crippen LogP contribution in [0.5, 0.6) is 0 Å². The highest BCUT2D eigenvalue weighted by Crippen LogP contribution is 2.30. The lowest BCUT2D eigenvalue weighted by Gasteiger charge is -2.11. The first-order chi connectivity index (χ1) is 8.08. The third-order valence-electron chi connectivity index (χ3n) is 2.43. The van der Waals surface area contributed by atoms with Gasteiger partial charge in [0.05, 0.1) is 16.0 Å². The third-order valence-corrected chi connectivity index (χ3v) is 4.15. The van der Waals surface area contributed by atoms with Crippen LogP contribution in [0.1, 0.15) is 21.6 Å². The van der Waals surface area contributed by atoms with Gasteiger partial charge in [-0.2, -0.15) is 0 Å². The number of benzene rings is 1. The molecule has 0 fully saturated rings. The van der Waals surface area contributed by atoms with E-state index in [4.69, 9.17) is 23.2 Å². The molecule has 0 saturated carbocycles. The Balaban J connectivity index is 2.21. The third kappa shape index (κ3) is 2.99. The zero-order chi connectivity index (χ0) is 12.4. The summed E-state index contributed by atoms with van der Waals surface area (Å²) in [6.07, 6.45) is 1.48. The molecule has 0 radical (unpaired) electrons. The van der Waals surface area contributed by atoms with E-state index in [-0.39, 0.29) is 0 Å². The Kier molecular flexibility index (Phi) is 4.05. The molecule has 0 aliphatic rings. The van der Waals surface area contributed by atoms with Gasteiger partial charge in [0, 0.05) is 22.7 Å². The number of hydrogen-bond acceptors (Lipinski definition) is 3. The smallest absolute Gasteiger partial charge is 0.0939 e. The number of rotatable bonds is 3. The SMILES string of the molecule is Cc1ncc(C(O)Cc2c(Cl)cccc2Cl)s1. The van der Waals surface area contributed by atoms with Crippen LogP contribution >= 0.6 is 34.5 Å². The summed E-state index contributed by atoms with van der Waals surface area (Å²) in [5, 5.41) is 12.2. The number of aryl methyl sites for hydroxylation is 1. The van der Waals surface area contributed by atoms with Crippen LogP contribution in [-0.2, 0) is 6.42 Å². The van der Waals surface area contributed by atoms with Crippen LogP contribution in [0.4, 0.5) is 0 Å². The van der Waals surface area contributed by atoms with E-state index in [1.807, 2.05) is 6.92 Å². The highest BCUT2D eigenvalue weighted by molar-refractivity contribution is 7.11. The molecule has 0 amide bonds. The fourth-order valence-corrected chi connectivity index (χ4v) is 2.88. The van der Waals surface area contributed by atoms with E-state index in [9.17, 15) is 5.11 Å². The molecule has 90 valence electrons. The maximum Gasteiger partial charge on any atom is 0.0939 e. The van der Waals surface area contributed by atoms with Gasteiger partial charge in [-0.05, 0) is 24.6 Å². The number of halogens is 2. The maximum absolute atomic E-state index is 10.1. The Morgan fingerprint density at radius 2 is 2.00 bits per heavy atom. The molecule has 1 heterocycles. The lowest BCUT2D eigenvalue weighted by Crippen LogP contribution is -2.01. The molecule has 0 aliphatic carbocycles. The van der Waals surface area contributed by atoms with Crippen LogP contribution in [0.2, 0.25) is 10.0 Å². The lowest BCUT2D eigenvalue weighted by atomic mass is 10.1. The van der Waals surface area contributed by atoms with E-state index < -0.39 is 6.10 Å². The molecule has 0 aliphatic heterocycles. The summed E-state index contributed by atoms with van der Waals surface area (Å²) < 4.78 is 0. The Bertz CT molecular complexity index is 507. The average Bonchev–Trinajstić information content (AvgIpc) is 2.70. The monoisotopic (exact) mass is 287 g/mol.